The zero-order chi connectivity index (χ0) is 22.8. The summed E-state index contributed by atoms with van der Waals surface area (Å²) in [5.41, 5.74) is 10.2. The summed E-state index contributed by atoms with van der Waals surface area (Å²) in [7, 11) is 0. The second-order valence-electron chi connectivity index (χ2n) is 8.35. The molecule has 4 rings (SSSR count). The molecule has 0 saturated heterocycles. The maximum atomic E-state index is 11.1. The van der Waals surface area contributed by atoms with E-state index in [1.54, 1.807) is 12.1 Å². The van der Waals surface area contributed by atoms with Crippen LogP contribution in [0.1, 0.15) is 32.6 Å². The average Bonchev–Trinajstić information content (AvgIpc) is 2.76. The number of phenols is 1. The van der Waals surface area contributed by atoms with Crippen LogP contribution in [0.5, 0.6) is 5.75 Å². The van der Waals surface area contributed by atoms with E-state index in [2.05, 4.69) is 93.3 Å². The summed E-state index contributed by atoms with van der Waals surface area (Å²) in [5, 5.41) is 10.2. The maximum absolute atomic E-state index is 11.1. The lowest BCUT2D eigenvalue weighted by atomic mass is 9.93. The normalized spacial score (nSPS) is 10.8. The van der Waals surface area contributed by atoms with Crippen molar-refractivity contribution >= 4 is 23.3 Å². The van der Waals surface area contributed by atoms with E-state index in [0.29, 0.717) is 11.8 Å². The number of hydrogen-bond acceptors (Lipinski definition) is 3. The number of carbonyl (C=O) groups excluding carboxylic acids is 1. The lowest BCUT2D eigenvalue weighted by Gasteiger charge is -2.27. The molecule has 0 aromatic heterocycles. The highest BCUT2D eigenvalue weighted by atomic mass is 16.3. The third kappa shape index (κ3) is 4.15. The minimum absolute atomic E-state index is 0.00122. The number of aldehydes is 1. The molecule has 32 heavy (non-hydrogen) atoms. The highest BCUT2D eigenvalue weighted by Gasteiger charge is 2.16. The fraction of sp³-hybridized carbons (Fsp3) is 0.138. The molecule has 4 aromatic carbocycles. The summed E-state index contributed by atoms with van der Waals surface area (Å²) < 4.78 is 0. The third-order valence-electron chi connectivity index (χ3n) is 5.81. The number of phenolic OH excluding ortho intramolecular Hbond substituents is 1. The van der Waals surface area contributed by atoms with Crippen LogP contribution in [0.3, 0.4) is 0 Å². The molecule has 0 aliphatic carbocycles. The van der Waals surface area contributed by atoms with Gasteiger partial charge in [-0.3, -0.25) is 4.79 Å². The van der Waals surface area contributed by atoms with Crippen LogP contribution in [-0.4, -0.2) is 11.4 Å². The lowest BCUT2D eigenvalue weighted by Crippen LogP contribution is -2.11. The molecule has 160 valence electrons. The van der Waals surface area contributed by atoms with Gasteiger partial charge < -0.3 is 10.0 Å². The number of rotatable bonds is 5. The monoisotopic (exact) mass is 421 g/mol. The first-order valence-corrected chi connectivity index (χ1v) is 10.7. The molecule has 0 spiro atoms. The minimum Gasteiger partial charge on any atom is -0.507 e. The van der Waals surface area contributed by atoms with Crippen molar-refractivity contribution < 1.29 is 9.90 Å². The first kappa shape index (κ1) is 21.4. The zero-order valence-electron chi connectivity index (χ0n) is 18.9. The fourth-order valence-electron chi connectivity index (χ4n) is 4.16. The minimum atomic E-state index is 0.00122. The van der Waals surface area contributed by atoms with Gasteiger partial charge in [-0.25, -0.2) is 0 Å². The standard InChI is InChI=1S/C29H27NO2/c1-19-5-11-25(12-6-19)30(26-13-7-20(2)8-14-26)27-15-21(3)29(22(4)16-27)23-9-10-24(18-31)28(32)17-23/h5-18,32H,1-4H3. The van der Waals surface area contributed by atoms with Gasteiger partial charge in [-0.2, -0.15) is 0 Å². The van der Waals surface area contributed by atoms with Gasteiger partial charge in [0, 0.05) is 17.1 Å². The summed E-state index contributed by atoms with van der Waals surface area (Å²) in [6.07, 6.45) is 0.670. The van der Waals surface area contributed by atoms with Crippen LogP contribution in [0.15, 0.2) is 78.9 Å². The predicted molar refractivity (Wildman–Crippen MR) is 133 cm³/mol. The molecule has 1 N–H and O–H groups in total. The molecule has 0 atom stereocenters. The Balaban J connectivity index is 1.85. The molecule has 0 bridgehead atoms. The van der Waals surface area contributed by atoms with Crippen LogP contribution < -0.4 is 4.90 Å². The SMILES string of the molecule is Cc1ccc(N(c2ccc(C)cc2)c2cc(C)c(-c3ccc(C=O)c(O)c3)c(C)c2)cc1. The van der Waals surface area contributed by atoms with Crippen molar-refractivity contribution in [1.82, 2.24) is 0 Å². The van der Waals surface area contributed by atoms with Gasteiger partial charge in [0.1, 0.15) is 5.75 Å². The summed E-state index contributed by atoms with van der Waals surface area (Å²) in [6, 6.07) is 26.6. The van der Waals surface area contributed by atoms with E-state index in [1.165, 1.54) is 11.1 Å². The van der Waals surface area contributed by atoms with Crippen molar-refractivity contribution in [2.24, 2.45) is 0 Å². The predicted octanol–water partition coefficient (Wildman–Crippen LogP) is 7.58. The molecule has 3 heteroatoms. The van der Waals surface area contributed by atoms with Crippen molar-refractivity contribution in [3.63, 3.8) is 0 Å². The van der Waals surface area contributed by atoms with E-state index < -0.39 is 0 Å². The number of benzene rings is 4. The first-order chi connectivity index (χ1) is 15.4. The molecular formula is C29H27NO2. The van der Waals surface area contributed by atoms with Crippen LogP contribution in [0, 0.1) is 27.7 Å². The van der Waals surface area contributed by atoms with Gasteiger partial charge >= 0.3 is 0 Å². The molecule has 0 radical (unpaired) electrons. The number of nitrogens with zero attached hydrogens (tertiary/aromatic N) is 1. The van der Waals surface area contributed by atoms with Crippen LogP contribution in [-0.2, 0) is 0 Å². The Kier molecular flexibility index (Phi) is 5.83. The highest BCUT2D eigenvalue weighted by Crippen LogP contribution is 2.39. The van der Waals surface area contributed by atoms with E-state index in [-0.39, 0.29) is 5.75 Å². The van der Waals surface area contributed by atoms with E-state index >= 15 is 0 Å². The molecule has 4 aromatic rings. The number of carbonyl (C=O) groups is 1. The smallest absolute Gasteiger partial charge is 0.153 e. The summed E-state index contributed by atoms with van der Waals surface area (Å²) in [4.78, 5) is 13.3. The molecule has 0 heterocycles. The average molecular weight is 422 g/mol. The van der Waals surface area contributed by atoms with Crippen LogP contribution in [0.2, 0.25) is 0 Å². The first-order valence-electron chi connectivity index (χ1n) is 10.7. The second kappa shape index (κ2) is 8.72. The Morgan fingerprint density at radius 3 is 1.59 bits per heavy atom. The quantitative estimate of drug-likeness (QED) is 0.338. The number of hydrogen-bond donors (Lipinski definition) is 1. The molecule has 0 unspecified atom stereocenters. The van der Waals surface area contributed by atoms with E-state index in [1.807, 2.05) is 6.07 Å². The molecule has 0 aliphatic heterocycles. The summed E-state index contributed by atoms with van der Waals surface area (Å²) in [6.45, 7) is 8.35. The van der Waals surface area contributed by atoms with E-state index in [4.69, 9.17) is 0 Å². The van der Waals surface area contributed by atoms with Crippen LogP contribution in [0.4, 0.5) is 17.1 Å². The topological polar surface area (TPSA) is 40.5 Å². The Morgan fingerprint density at radius 2 is 1.16 bits per heavy atom. The van der Waals surface area contributed by atoms with Gasteiger partial charge in [0.25, 0.3) is 0 Å². The number of anilines is 3. The van der Waals surface area contributed by atoms with Gasteiger partial charge in [-0.1, -0.05) is 41.5 Å². The molecule has 0 amide bonds. The van der Waals surface area contributed by atoms with Crippen LogP contribution >= 0.6 is 0 Å². The van der Waals surface area contributed by atoms with Crippen molar-refractivity contribution in [2.45, 2.75) is 27.7 Å². The molecular weight excluding hydrogens is 394 g/mol. The van der Waals surface area contributed by atoms with Crippen LogP contribution in [0.25, 0.3) is 11.1 Å². The molecule has 0 aliphatic rings. The molecule has 0 fully saturated rings. The number of aromatic hydroxyl groups is 1. The van der Waals surface area contributed by atoms with Gasteiger partial charge in [-0.15, -0.1) is 0 Å². The fourth-order valence-corrected chi connectivity index (χ4v) is 4.16. The van der Waals surface area contributed by atoms with Gasteiger partial charge in [0.05, 0.1) is 5.56 Å². The van der Waals surface area contributed by atoms with Gasteiger partial charge in [0.2, 0.25) is 0 Å². The van der Waals surface area contributed by atoms with Crippen molar-refractivity contribution in [1.29, 1.82) is 0 Å². The zero-order valence-corrected chi connectivity index (χ0v) is 18.9. The van der Waals surface area contributed by atoms with Gasteiger partial charge in [0.15, 0.2) is 6.29 Å². The largest absolute Gasteiger partial charge is 0.507 e. The lowest BCUT2D eigenvalue weighted by molar-refractivity contribution is 0.112. The second-order valence-corrected chi connectivity index (χ2v) is 8.35. The summed E-state index contributed by atoms with van der Waals surface area (Å²) >= 11 is 0. The van der Waals surface area contributed by atoms with E-state index in [0.717, 1.165) is 39.3 Å². The summed E-state index contributed by atoms with van der Waals surface area (Å²) in [5.74, 6) is 0.00122. The van der Waals surface area contributed by atoms with E-state index in [9.17, 15) is 9.90 Å². The van der Waals surface area contributed by atoms with Crippen molar-refractivity contribution in [2.75, 3.05) is 4.90 Å². The third-order valence-corrected chi connectivity index (χ3v) is 5.81. The van der Waals surface area contributed by atoms with Crippen molar-refractivity contribution in [3.8, 4) is 16.9 Å². The Morgan fingerprint density at radius 1 is 0.656 bits per heavy atom. The molecule has 3 nitrogen and oxygen atoms in total. The Hall–Kier alpha value is -3.85. The highest BCUT2D eigenvalue weighted by molar-refractivity contribution is 5.85. The molecule has 0 saturated carbocycles. The number of aryl methyl sites for hydroxylation is 4. The Bertz CT molecular complexity index is 1200. The van der Waals surface area contributed by atoms with Crippen molar-refractivity contribution in [3.05, 3.63) is 107 Å². The maximum Gasteiger partial charge on any atom is 0.153 e. The Labute approximate surface area is 189 Å². The van der Waals surface area contributed by atoms with Gasteiger partial charge in [-0.05, 0) is 98.5 Å².